The van der Waals surface area contributed by atoms with Crippen molar-refractivity contribution < 1.29 is 0 Å². The molecule has 0 saturated carbocycles. The molecule has 70 valence electrons. The molecule has 1 unspecified atom stereocenters. The summed E-state index contributed by atoms with van der Waals surface area (Å²) in [4.78, 5) is 4.21. The summed E-state index contributed by atoms with van der Waals surface area (Å²) in [6.07, 6.45) is 0.0832. The number of fused-ring (bicyclic) bond motifs is 1. The molecule has 2 rings (SSSR count). The fourth-order valence-corrected chi connectivity index (χ4v) is 1.37. The topological polar surface area (TPSA) is 50.4 Å². The van der Waals surface area contributed by atoms with Crippen LogP contribution in [-0.4, -0.2) is 12.0 Å². The van der Waals surface area contributed by atoms with E-state index in [1.165, 1.54) is 0 Å². The lowest BCUT2D eigenvalue weighted by atomic mass is 10.1. The van der Waals surface area contributed by atoms with Crippen LogP contribution in [-0.2, 0) is 0 Å². The Morgan fingerprint density at radius 2 is 2.08 bits per heavy atom. The summed E-state index contributed by atoms with van der Waals surface area (Å²) in [6, 6.07) is 7.91. The van der Waals surface area contributed by atoms with E-state index in [1.54, 1.807) is 0 Å². The van der Waals surface area contributed by atoms with Gasteiger partial charge in [0.15, 0.2) is 0 Å². The van der Waals surface area contributed by atoms with E-state index in [9.17, 15) is 0 Å². The summed E-state index contributed by atoms with van der Waals surface area (Å²) in [7, 11) is 0. The minimum absolute atomic E-state index is 0. The van der Waals surface area contributed by atoms with Crippen molar-refractivity contribution >= 4 is 23.9 Å². The summed E-state index contributed by atoms with van der Waals surface area (Å²) in [5.74, 6) is 0.622. The second kappa shape index (κ2) is 3.66. The molecule has 1 aliphatic heterocycles. The molecule has 0 spiro atoms. The molecule has 1 aliphatic rings. The van der Waals surface area contributed by atoms with Crippen LogP contribution in [0.3, 0.4) is 0 Å². The van der Waals surface area contributed by atoms with Gasteiger partial charge < -0.3 is 11.1 Å². The highest BCUT2D eigenvalue weighted by molar-refractivity contribution is 6.03. The first-order valence-electron chi connectivity index (χ1n) is 3.96. The number of anilines is 1. The summed E-state index contributed by atoms with van der Waals surface area (Å²) in [5, 5.41) is 3.22. The third-order valence-corrected chi connectivity index (χ3v) is 1.90. The Morgan fingerprint density at radius 3 is 2.85 bits per heavy atom. The maximum Gasteiger partial charge on any atom is 0.130 e. The zero-order valence-electron chi connectivity index (χ0n) is 7.32. The van der Waals surface area contributed by atoms with Crippen molar-refractivity contribution in [2.45, 2.75) is 13.1 Å². The average Bonchev–Trinajstić information content (AvgIpc) is 2.04. The third-order valence-electron chi connectivity index (χ3n) is 1.90. The van der Waals surface area contributed by atoms with Crippen molar-refractivity contribution in [3.05, 3.63) is 29.8 Å². The second-order valence-electron chi connectivity index (χ2n) is 2.88. The molecular weight excluding hydrogens is 186 g/mol. The number of nitrogens with one attached hydrogen (secondary N) is 1. The molecule has 0 bridgehead atoms. The van der Waals surface area contributed by atoms with Crippen molar-refractivity contribution in [3.8, 4) is 0 Å². The molecule has 0 radical (unpaired) electrons. The Kier molecular flexibility index (Phi) is 2.78. The van der Waals surface area contributed by atoms with Crippen molar-refractivity contribution in [1.29, 1.82) is 0 Å². The third kappa shape index (κ3) is 1.75. The van der Waals surface area contributed by atoms with Crippen molar-refractivity contribution in [1.82, 2.24) is 0 Å². The number of nitrogens with two attached hydrogens (primary N) is 1. The van der Waals surface area contributed by atoms with E-state index in [1.807, 2.05) is 31.2 Å². The molecular formula is C9H12ClN3. The Morgan fingerprint density at radius 1 is 1.38 bits per heavy atom. The van der Waals surface area contributed by atoms with Crippen molar-refractivity contribution in [2.75, 3.05) is 5.32 Å². The van der Waals surface area contributed by atoms with Gasteiger partial charge in [-0.3, -0.25) is 0 Å². The number of nitrogens with zero attached hydrogens (tertiary/aromatic N) is 1. The molecule has 3 nitrogen and oxygen atoms in total. The number of para-hydroxylation sites is 1. The van der Waals surface area contributed by atoms with Crippen LogP contribution in [0.5, 0.6) is 0 Å². The van der Waals surface area contributed by atoms with Gasteiger partial charge in [0.25, 0.3) is 0 Å². The van der Waals surface area contributed by atoms with E-state index in [0.29, 0.717) is 5.84 Å². The summed E-state index contributed by atoms with van der Waals surface area (Å²) >= 11 is 0. The van der Waals surface area contributed by atoms with Crippen molar-refractivity contribution in [2.24, 2.45) is 10.7 Å². The van der Waals surface area contributed by atoms with Gasteiger partial charge in [-0.25, -0.2) is 4.99 Å². The van der Waals surface area contributed by atoms with Crippen LogP contribution in [0.2, 0.25) is 0 Å². The fourth-order valence-electron chi connectivity index (χ4n) is 1.37. The minimum Gasteiger partial charge on any atom is -0.383 e. The lowest BCUT2D eigenvalue weighted by molar-refractivity contribution is 0.840. The first kappa shape index (κ1) is 9.86. The second-order valence-corrected chi connectivity index (χ2v) is 2.88. The van der Waals surface area contributed by atoms with Gasteiger partial charge in [0.1, 0.15) is 12.0 Å². The average molecular weight is 198 g/mol. The SMILES string of the molecule is CC1N=C(N)c2ccccc2N1.Cl. The highest BCUT2D eigenvalue weighted by atomic mass is 35.5. The molecule has 1 atom stereocenters. The van der Waals surface area contributed by atoms with Crippen LogP contribution in [0, 0.1) is 0 Å². The molecule has 0 fully saturated rings. The number of aliphatic imine (C=N–C) groups is 1. The van der Waals surface area contributed by atoms with Crippen LogP contribution in [0.1, 0.15) is 12.5 Å². The van der Waals surface area contributed by atoms with Gasteiger partial charge >= 0.3 is 0 Å². The zero-order valence-corrected chi connectivity index (χ0v) is 8.14. The normalized spacial score (nSPS) is 19.2. The monoisotopic (exact) mass is 197 g/mol. The van der Waals surface area contributed by atoms with Crippen LogP contribution in [0.25, 0.3) is 0 Å². The Hall–Kier alpha value is -1.22. The van der Waals surface area contributed by atoms with Gasteiger partial charge in [0, 0.05) is 11.3 Å². The summed E-state index contributed by atoms with van der Waals surface area (Å²) < 4.78 is 0. The molecule has 1 heterocycles. The van der Waals surface area contributed by atoms with E-state index in [4.69, 9.17) is 5.73 Å². The lowest BCUT2D eigenvalue weighted by Crippen LogP contribution is -2.27. The summed E-state index contributed by atoms with van der Waals surface area (Å²) in [5.41, 5.74) is 7.81. The van der Waals surface area contributed by atoms with Gasteiger partial charge in [-0.15, -0.1) is 12.4 Å². The number of amidine groups is 1. The zero-order chi connectivity index (χ0) is 8.55. The molecule has 4 heteroatoms. The largest absolute Gasteiger partial charge is 0.383 e. The smallest absolute Gasteiger partial charge is 0.130 e. The van der Waals surface area contributed by atoms with E-state index < -0.39 is 0 Å². The van der Waals surface area contributed by atoms with Crippen LogP contribution < -0.4 is 11.1 Å². The number of benzene rings is 1. The van der Waals surface area contributed by atoms with E-state index in [0.717, 1.165) is 11.3 Å². The molecule has 0 amide bonds. The lowest BCUT2D eigenvalue weighted by Gasteiger charge is -2.20. The quantitative estimate of drug-likeness (QED) is 0.664. The molecule has 0 aliphatic carbocycles. The Bertz CT molecular complexity index is 335. The van der Waals surface area contributed by atoms with Gasteiger partial charge in [-0.1, -0.05) is 12.1 Å². The van der Waals surface area contributed by atoms with Crippen LogP contribution in [0.15, 0.2) is 29.3 Å². The Balaban J connectivity index is 0.000000845. The van der Waals surface area contributed by atoms with E-state index in [-0.39, 0.29) is 18.6 Å². The maximum atomic E-state index is 5.75. The van der Waals surface area contributed by atoms with Crippen LogP contribution in [0.4, 0.5) is 5.69 Å². The van der Waals surface area contributed by atoms with E-state index in [2.05, 4.69) is 10.3 Å². The molecule has 0 saturated heterocycles. The van der Waals surface area contributed by atoms with Gasteiger partial charge in [0.05, 0.1) is 0 Å². The highest BCUT2D eigenvalue weighted by Gasteiger charge is 2.13. The molecule has 1 aromatic rings. The van der Waals surface area contributed by atoms with Gasteiger partial charge in [-0.05, 0) is 19.1 Å². The number of hydrogen-bond acceptors (Lipinski definition) is 3. The molecule has 1 aromatic carbocycles. The molecule has 13 heavy (non-hydrogen) atoms. The molecule has 0 aromatic heterocycles. The predicted molar refractivity (Wildman–Crippen MR) is 57.5 cm³/mol. The van der Waals surface area contributed by atoms with Crippen molar-refractivity contribution in [3.63, 3.8) is 0 Å². The first-order chi connectivity index (χ1) is 5.77. The minimum atomic E-state index is 0. The van der Waals surface area contributed by atoms with Gasteiger partial charge in [-0.2, -0.15) is 0 Å². The molecule has 3 N–H and O–H groups in total. The highest BCUT2D eigenvalue weighted by Crippen LogP contribution is 2.19. The number of rotatable bonds is 0. The first-order valence-corrected chi connectivity index (χ1v) is 3.96. The summed E-state index contributed by atoms with van der Waals surface area (Å²) in [6.45, 7) is 1.98. The maximum absolute atomic E-state index is 5.75. The van der Waals surface area contributed by atoms with Crippen LogP contribution >= 0.6 is 12.4 Å². The predicted octanol–water partition coefficient (Wildman–Crippen LogP) is 1.59. The van der Waals surface area contributed by atoms with E-state index >= 15 is 0 Å². The Labute approximate surface area is 83.5 Å². The number of halogens is 1. The standard InChI is InChI=1S/C9H11N3.ClH/c1-6-11-8-5-3-2-4-7(8)9(10)12-6;/h2-6,11H,1H3,(H2,10,12);1H. The fraction of sp³-hybridized carbons (Fsp3) is 0.222. The number of hydrogen-bond donors (Lipinski definition) is 2. The van der Waals surface area contributed by atoms with Gasteiger partial charge in [0.2, 0.25) is 0 Å².